The summed E-state index contributed by atoms with van der Waals surface area (Å²) in [5.74, 6) is 0.236. The number of rotatable bonds is 3. The molecule has 22 heavy (non-hydrogen) atoms. The Morgan fingerprint density at radius 2 is 1.91 bits per heavy atom. The monoisotopic (exact) mass is 300 g/mol. The zero-order valence-electron chi connectivity index (χ0n) is 11.6. The largest absolute Gasteiger partial charge is 0.486 e. The van der Waals surface area contributed by atoms with Crippen molar-refractivity contribution in [3.63, 3.8) is 0 Å². The van der Waals surface area contributed by atoms with Gasteiger partial charge in [0.15, 0.2) is 11.5 Å². The van der Waals surface area contributed by atoms with Crippen molar-refractivity contribution in [2.45, 2.75) is 0 Å². The molecule has 0 unspecified atom stereocenters. The third-order valence-electron chi connectivity index (χ3n) is 3.06. The van der Waals surface area contributed by atoms with Gasteiger partial charge in [0.1, 0.15) is 19.0 Å². The highest BCUT2D eigenvalue weighted by Crippen LogP contribution is 2.33. The summed E-state index contributed by atoms with van der Waals surface area (Å²) in [6, 6.07) is 10.9. The zero-order chi connectivity index (χ0) is 15.4. The van der Waals surface area contributed by atoms with Crippen LogP contribution in [0, 0.1) is 5.82 Å². The summed E-state index contributed by atoms with van der Waals surface area (Å²) in [7, 11) is 0. The molecule has 0 radical (unpaired) electrons. The third-order valence-corrected chi connectivity index (χ3v) is 3.06. The van der Waals surface area contributed by atoms with E-state index in [9.17, 15) is 9.18 Å². The Labute approximate surface area is 126 Å². The van der Waals surface area contributed by atoms with Crippen LogP contribution in [0.2, 0.25) is 0 Å². The normalized spacial score (nSPS) is 13.1. The third kappa shape index (κ3) is 3.06. The number of nitrogens with zero attached hydrogens (tertiary/aromatic N) is 1. The van der Waals surface area contributed by atoms with Gasteiger partial charge in [-0.2, -0.15) is 5.10 Å². The SMILES string of the molecule is O=C(N/N=C/c1ccc(F)cc1)c1cccc2c1OCCO2. The summed E-state index contributed by atoms with van der Waals surface area (Å²) in [5.41, 5.74) is 3.45. The number of carbonyl (C=O) groups excluding carboxylic acids is 1. The van der Waals surface area contributed by atoms with Gasteiger partial charge in [-0.3, -0.25) is 4.79 Å². The Bertz CT molecular complexity index is 714. The molecule has 1 aliphatic rings. The lowest BCUT2D eigenvalue weighted by Crippen LogP contribution is -2.22. The van der Waals surface area contributed by atoms with Gasteiger partial charge in [0.2, 0.25) is 0 Å². The maximum absolute atomic E-state index is 12.8. The first-order chi connectivity index (χ1) is 10.7. The van der Waals surface area contributed by atoms with Crippen LogP contribution in [0.1, 0.15) is 15.9 Å². The van der Waals surface area contributed by atoms with E-state index >= 15 is 0 Å². The molecule has 1 aliphatic heterocycles. The molecule has 2 aromatic carbocycles. The number of carbonyl (C=O) groups is 1. The first kappa shape index (κ1) is 14.1. The second kappa shape index (κ2) is 6.26. The fourth-order valence-corrected chi connectivity index (χ4v) is 2.03. The average molecular weight is 300 g/mol. The topological polar surface area (TPSA) is 59.9 Å². The molecule has 1 amide bonds. The summed E-state index contributed by atoms with van der Waals surface area (Å²) in [4.78, 5) is 12.1. The van der Waals surface area contributed by atoms with Crippen LogP contribution >= 0.6 is 0 Å². The number of ether oxygens (including phenoxy) is 2. The number of amides is 1. The van der Waals surface area contributed by atoms with Gasteiger partial charge in [0.05, 0.1) is 11.8 Å². The van der Waals surface area contributed by atoms with Crippen LogP contribution in [0.3, 0.4) is 0 Å². The molecule has 0 aliphatic carbocycles. The van der Waals surface area contributed by atoms with Gasteiger partial charge in [-0.25, -0.2) is 9.82 Å². The van der Waals surface area contributed by atoms with Crippen LogP contribution in [0.25, 0.3) is 0 Å². The molecule has 0 aromatic heterocycles. The average Bonchev–Trinajstić information content (AvgIpc) is 2.56. The molecule has 1 heterocycles. The molecular formula is C16H13FN2O3. The van der Waals surface area contributed by atoms with Crippen molar-refractivity contribution in [2.75, 3.05) is 13.2 Å². The van der Waals surface area contributed by atoms with E-state index < -0.39 is 5.91 Å². The molecule has 0 bridgehead atoms. The first-order valence-corrected chi connectivity index (χ1v) is 6.71. The Hall–Kier alpha value is -2.89. The molecule has 6 heteroatoms. The summed E-state index contributed by atoms with van der Waals surface area (Å²) >= 11 is 0. The van der Waals surface area contributed by atoms with Crippen molar-refractivity contribution >= 4 is 12.1 Å². The minimum atomic E-state index is -0.402. The molecule has 0 fully saturated rings. The van der Waals surface area contributed by atoms with Crippen molar-refractivity contribution in [1.29, 1.82) is 0 Å². The fourth-order valence-electron chi connectivity index (χ4n) is 2.03. The lowest BCUT2D eigenvalue weighted by molar-refractivity contribution is 0.0944. The molecule has 2 aromatic rings. The summed E-state index contributed by atoms with van der Waals surface area (Å²) in [5, 5.41) is 3.85. The van der Waals surface area contributed by atoms with E-state index in [0.717, 1.165) is 0 Å². The maximum Gasteiger partial charge on any atom is 0.275 e. The molecule has 3 rings (SSSR count). The van der Waals surface area contributed by atoms with E-state index in [0.29, 0.717) is 35.8 Å². The Morgan fingerprint density at radius 1 is 1.14 bits per heavy atom. The van der Waals surface area contributed by atoms with Crippen molar-refractivity contribution in [3.8, 4) is 11.5 Å². The predicted octanol–water partition coefficient (Wildman–Crippen LogP) is 2.36. The quantitative estimate of drug-likeness (QED) is 0.699. The second-order valence-corrected chi connectivity index (χ2v) is 4.58. The summed E-state index contributed by atoms with van der Waals surface area (Å²) < 4.78 is 23.7. The molecule has 112 valence electrons. The van der Waals surface area contributed by atoms with E-state index in [-0.39, 0.29) is 5.82 Å². The van der Waals surface area contributed by atoms with Gasteiger partial charge in [-0.1, -0.05) is 18.2 Å². The first-order valence-electron chi connectivity index (χ1n) is 6.71. The molecule has 0 saturated heterocycles. The van der Waals surface area contributed by atoms with E-state index in [1.54, 1.807) is 30.3 Å². The fraction of sp³-hybridized carbons (Fsp3) is 0.125. The number of nitrogens with one attached hydrogen (secondary N) is 1. The summed E-state index contributed by atoms with van der Waals surface area (Å²) in [6.45, 7) is 0.858. The van der Waals surface area contributed by atoms with Gasteiger partial charge in [0, 0.05) is 0 Å². The second-order valence-electron chi connectivity index (χ2n) is 4.58. The Balaban J connectivity index is 1.71. The molecule has 5 nitrogen and oxygen atoms in total. The standard InChI is InChI=1S/C16H13FN2O3/c17-12-6-4-11(5-7-12)10-18-19-16(20)13-2-1-3-14-15(13)22-9-8-21-14/h1-7,10H,8-9H2,(H,19,20)/b18-10+. The van der Waals surface area contributed by atoms with Crippen molar-refractivity contribution in [1.82, 2.24) is 5.43 Å². The lowest BCUT2D eigenvalue weighted by atomic mass is 10.1. The molecular weight excluding hydrogens is 287 g/mol. The minimum absolute atomic E-state index is 0.325. The van der Waals surface area contributed by atoms with Gasteiger partial charge in [-0.05, 0) is 29.8 Å². The Kier molecular flexibility index (Phi) is 4.00. The minimum Gasteiger partial charge on any atom is -0.486 e. The molecule has 0 spiro atoms. The van der Waals surface area contributed by atoms with Gasteiger partial charge >= 0.3 is 0 Å². The number of fused-ring (bicyclic) bond motifs is 1. The molecule has 0 saturated carbocycles. The van der Waals surface area contributed by atoms with Crippen LogP contribution in [-0.4, -0.2) is 25.3 Å². The number of halogens is 1. The summed E-state index contributed by atoms with van der Waals surface area (Å²) in [6.07, 6.45) is 1.43. The van der Waals surface area contributed by atoms with Gasteiger partial charge < -0.3 is 9.47 Å². The van der Waals surface area contributed by atoms with Crippen molar-refractivity contribution in [3.05, 3.63) is 59.4 Å². The number of hydrazone groups is 1. The lowest BCUT2D eigenvalue weighted by Gasteiger charge is -2.20. The van der Waals surface area contributed by atoms with Crippen LogP contribution in [0.5, 0.6) is 11.5 Å². The predicted molar refractivity (Wildman–Crippen MR) is 78.9 cm³/mol. The number of para-hydroxylation sites is 1. The van der Waals surface area contributed by atoms with E-state index in [2.05, 4.69) is 10.5 Å². The highest BCUT2D eigenvalue weighted by Gasteiger charge is 2.19. The van der Waals surface area contributed by atoms with E-state index in [1.165, 1.54) is 18.3 Å². The van der Waals surface area contributed by atoms with Crippen molar-refractivity contribution in [2.24, 2.45) is 5.10 Å². The van der Waals surface area contributed by atoms with Gasteiger partial charge in [0.25, 0.3) is 5.91 Å². The van der Waals surface area contributed by atoms with E-state index in [1.807, 2.05) is 0 Å². The Morgan fingerprint density at radius 3 is 2.73 bits per heavy atom. The maximum atomic E-state index is 12.8. The van der Waals surface area contributed by atoms with E-state index in [4.69, 9.17) is 9.47 Å². The van der Waals surface area contributed by atoms with Crippen LogP contribution < -0.4 is 14.9 Å². The van der Waals surface area contributed by atoms with Crippen LogP contribution in [-0.2, 0) is 0 Å². The number of benzene rings is 2. The number of hydrogen-bond donors (Lipinski definition) is 1. The number of hydrogen-bond acceptors (Lipinski definition) is 4. The zero-order valence-corrected chi connectivity index (χ0v) is 11.6. The molecule has 0 atom stereocenters. The smallest absolute Gasteiger partial charge is 0.275 e. The molecule has 1 N–H and O–H groups in total. The van der Waals surface area contributed by atoms with Crippen LogP contribution in [0.15, 0.2) is 47.6 Å². The van der Waals surface area contributed by atoms with Crippen LogP contribution in [0.4, 0.5) is 4.39 Å². The van der Waals surface area contributed by atoms with Crippen molar-refractivity contribution < 1.29 is 18.7 Å². The highest BCUT2D eigenvalue weighted by molar-refractivity contribution is 5.98. The highest BCUT2D eigenvalue weighted by atomic mass is 19.1. The van der Waals surface area contributed by atoms with Gasteiger partial charge in [-0.15, -0.1) is 0 Å².